The first-order chi connectivity index (χ1) is 7.31. The van der Waals surface area contributed by atoms with E-state index in [0.717, 1.165) is 18.9 Å². The smallest absolute Gasteiger partial charge is 0.108 e. The molecule has 0 saturated heterocycles. The maximum absolute atomic E-state index is 4.36. The molecule has 0 aromatic carbocycles. The van der Waals surface area contributed by atoms with E-state index in [1.54, 1.807) is 0 Å². The fourth-order valence-electron chi connectivity index (χ4n) is 2.19. The van der Waals surface area contributed by atoms with E-state index in [9.17, 15) is 0 Å². The number of hydrogen-bond donors (Lipinski definition) is 1. The molecule has 3 nitrogen and oxygen atoms in total. The van der Waals surface area contributed by atoms with Gasteiger partial charge in [-0.25, -0.2) is 4.98 Å². The highest BCUT2D eigenvalue weighted by molar-refractivity contribution is 4.94. The average Bonchev–Trinajstić information content (AvgIpc) is 2.98. The van der Waals surface area contributed by atoms with Crippen molar-refractivity contribution >= 4 is 0 Å². The molecule has 0 aliphatic heterocycles. The molecule has 2 rings (SSSR count). The topological polar surface area (TPSA) is 29.9 Å². The van der Waals surface area contributed by atoms with Crippen molar-refractivity contribution in [2.75, 3.05) is 6.54 Å². The summed E-state index contributed by atoms with van der Waals surface area (Å²) >= 11 is 0. The lowest BCUT2D eigenvalue weighted by atomic mass is 10.1. The fraction of sp³-hybridized carbons (Fsp3) is 0.750. The number of aromatic nitrogens is 2. The van der Waals surface area contributed by atoms with E-state index in [1.807, 2.05) is 12.4 Å². The molecule has 1 aliphatic rings. The van der Waals surface area contributed by atoms with E-state index >= 15 is 0 Å². The Morgan fingerprint density at radius 2 is 2.40 bits per heavy atom. The Kier molecular flexibility index (Phi) is 3.41. The van der Waals surface area contributed by atoms with Gasteiger partial charge in [0.25, 0.3) is 0 Å². The molecule has 0 amide bonds. The van der Waals surface area contributed by atoms with Crippen molar-refractivity contribution in [1.29, 1.82) is 0 Å². The van der Waals surface area contributed by atoms with Gasteiger partial charge < -0.3 is 9.88 Å². The lowest BCUT2D eigenvalue weighted by molar-refractivity contribution is 0.440. The van der Waals surface area contributed by atoms with Crippen LogP contribution < -0.4 is 5.32 Å². The third-order valence-electron chi connectivity index (χ3n) is 3.26. The van der Waals surface area contributed by atoms with Crippen LogP contribution in [0.3, 0.4) is 0 Å². The number of hydrogen-bond acceptors (Lipinski definition) is 2. The number of nitrogens with one attached hydrogen (secondary N) is 1. The zero-order chi connectivity index (χ0) is 10.7. The van der Waals surface area contributed by atoms with Crippen LogP contribution in [0.1, 0.15) is 32.0 Å². The van der Waals surface area contributed by atoms with Gasteiger partial charge in [-0.15, -0.1) is 0 Å². The normalized spacial score (nSPS) is 18.0. The van der Waals surface area contributed by atoms with E-state index in [0.29, 0.717) is 6.04 Å². The molecule has 1 N–H and O–H groups in total. The summed E-state index contributed by atoms with van der Waals surface area (Å²) in [5.41, 5.74) is 0. The van der Waals surface area contributed by atoms with Crippen molar-refractivity contribution in [2.24, 2.45) is 13.0 Å². The Morgan fingerprint density at radius 1 is 1.60 bits per heavy atom. The van der Waals surface area contributed by atoms with Crippen LogP contribution in [-0.2, 0) is 13.5 Å². The molecule has 1 aliphatic carbocycles. The lowest BCUT2D eigenvalue weighted by Gasteiger charge is -2.16. The second-order valence-electron chi connectivity index (χ2n) is 4.49. The van der Waals surface area contributed by atoms with Gasteiger partial charge in [0.1, 0.15) is 5.82 Å². The number of imidazole rings is 1. The SMILES string of the molecule is CCNC(CCc1nccn1C)C1CC1. The molecule has 1 unspecified atom stereocenters. The molecule has 3 heteroatoms. The molecule has 0 bridgehead atoms. The molecule has 1 saturated carbocycles. The Morgan fingerprint density at radius 3 is 2.93 bits per heavy atom. The summed E-state index contributed by atoms with van der Waals surface area (Å²) in [7, 11) is 2.07. The average molecular weight is 207 g/mol. The third kappa shape index (κ3) is 2.81. The first-order valence-corrected chi connectivity index (χ1v) is 6.01. The predicted octanol–water partition coefficient (Wildman–Crippen LogP) is 1.74. The van der Waals surface area contributed by atoms with Crippen molar-refractivity contribution in [3.8, 4) is 0 Å². The third-order valence-corrected chi connectivity index (χ3v) is 3.26. The predicted molar refractivity (Wildman–Crippen MR) is 61.7 cm³/mol. The number of nitrogens with zero attached hydrogens (tertiary/aromatic N) is 2. The van der Waals surface area contributed by atoms with Gasteiger partial charge in [0.2, 0.25) is 0 Å². The van der Waals surface area contributed by atoms with E-state index in [4.69, 9.17) is 0 Å². The first-order valence-electron chi connectivity index (χ1n) is 6.01. The summed E-state index contributed by atoms with van der Waals surface area (Å²) in [6.45, 7) is 3.28. The number of aryl methyl sites for hydroxylation is 2. The van der Waals surface area contributed by atoms with Crippen molar-refractivity contribution < 1.29 is 0 Å². The molecule has 0 radical (unpaired) electrons. The van der Waals surface area contributed by atoms with Crippen LogP contribution >= 0.6 is 0 Å². The largest absolute Gasteiger partial charge is 0.338 e. The molecular weight excluding hydrogens is 186 g/mol. The summed E-state index contributed by atoms with van der Waals surface area (Å²) in [6.07, 6.45) is 9.06. The van der Waals surface area contributed by atoms with E-state index in [-0.39, 0.29) is 0 Å². The van der Waals surface area contributed by atoms with Crippen LogP contribution in [0, 0.1) is 5.92 Å². The van der Waals surface area contributed by atoms with Crippen LogP contribution in [0.15, 0.2) is 12.4 Å². The van der Waals surface area contributed by atoms with E-state index in [2.05, 4.69) is 28.8 Å². The van der Waals surface area contributed by atoms with Crippen LogP contribution in [0.2, 0.25) is 0 Å². The van der Waals surface area contributed by atoms with Gasteiger partial charge in [-0.1, -0.05) is 6.92 Å². The molecular formula is C12H21N3. The summed E-state index contributed by atoms with van der Waals surface area (Å²) in [5, 5.41) is 3.59. The van der Waals surface area contributed by atoms with Gasteiger partial charge in [0.15, 0.2) is 0 Å². The highest BCUT2D eigenvalue weighted by atomic mass is 15.0. The fourth-order valence-corrected chi connectivity index (χ4v) is 2.19. The van der Waals surface area contributed by atoms with Crippen LogP contribution in [0.25, 0.3) is 0 Å². The van der Waals surface area contributed by atoms with Gasteiger partial charge in [-0.3, -0.25) is 0 Å². The van der Waals surface area contributed by atoms with Crippen molar-refractivity contribution in [2.45, 2.75) is 38.6 Å². The Balaban J connectivity index is 1.82. The molecule has 1 aromatic rings. The van der Waals surface area contributed by atoms with Gasteiger partial charge >= 0.3 is 0 Å². The van der Waals surface area contributed by atoms with Crippen LogP contribution in [-0.4, -0.2) is 22.1 Å². The maximum Gasteiger partial charge on any atom is 0.108 e. The second kappa shape index (κ2) is 4.79. The zero-order valence-corrected chi connectivity index (χ0v) is 9.74. The quantitative estimate of drug-likeness (QED) is 0.770. The van der Waals surface area contributed by atoms with Crippen molar-refractivity contribution in [1.82, 2.24) is 14.9 Å². The number of rotatable bonds is 6. The van der Waals surface area contributed by atoms with Gasteiger partial charge in [-0.2, -0.15) is 0 Å². The monoisotopic (exact) mass is 207 g/mol. The second-order valence-corrected chi connectivity index (χ2v) is 4.49. The van der Waals surface area contributed by atoms with Crippen LogP contribution in [0.4, 0.5) is 0 Å². The molecule has 1 aromatic heterocycles. The lowest BCUT2D eigenvalue weighted by Crippen LogP contribution is -2.31. The molecule has 1 atom stereocenters. The Bertz CT molecular complexity index is 302. The zero-order valence-electron chi connectivity index (χ0n) is 9.74. The molecule has 15 heavy (non-hydrogen) atoms. The van der Waals surface area contributed by atoms with Gasteiger partial charge in [0, 0.05) is 31.9 Å². The maximum atomic E-state index is 4.36. The molecule has 1 heterocycles. The van der Waals surface area contributed by atoms with Crippen molar-refractivity contribution in [3.63, 3.8) is 0 Å². The van der Waals surface area contributed by atoms with Crippen LogP contribution in [0.5, 0.6) is 0 Å². The summed E-state index contributed by atoms with van der Waals surface area (Å²) in [5.74, 6) is 2.14. The highest BCUT2D eigenvalue weighted by Crippen LogP contribution is 2.34. The summed E-state index contributed by atoms with van der Waals surface area (Å²) in [4.78, 5) is 4.36. The molecule has 84 valence electrons. The minimum atomic E-state index is 0.715. The highest BCUT2D eigenvalue weighted by Gasteiger charge is 2.30. The molecule has 1 fully saturated rings. The van der Waals surface area contributed by atoms with Crippen molar-refractivity contribution in [3.05, 3.63) is 18.2 Å². The standard InChI is InChI=1S/C12H21N3/c1-3-13-11(10-4-5-10)6-7-12-14-8-9-15(12)2/h8-11,13H,3-7H2,1-2H3. The molecule has 0 spiro atoms. The Labute approximate surface area is 91.9 Å². The summed E-state index contributed by atoms with van der Waals surface area (Å²) in [6, 6.07) is 0.715. The summed E-state index contributed by atoms with van der Waals surface area (Å²) < 4.78 is 2.12. The first kappa shape index (κ1) is 10.7. The Hall–Kier alpha value is -0.830. The van der Waals surface area contributed by atoms with Gasteiger partial charge in [-0.05, 0) is 31.7 Å². The van der Waals surface area contributed by atoms with E-state index in [1.165, 1.54) is 25.1 Å². The van der Waals surface area contributed by atoms with Gasteiger partial charge in [0.05, 0.1) is 0 Å². The minimum Gasteiger partial charge on any atom is -0.338 e. The minimum absolute atomic E-state index is 0.715. The van der Waals surface area contributed by atoms with E-state index < -0.39 is 0 Å².